The van der Waals surface area contributed by atoms with Gasteiger partial charge in [0.25, 0.3) is 40.5 Å². The van der Waals surface area contributed by atoms with Gasteiger partial charge in [0.2, 0.25) is 0 Å². The summed E-state index contributed by atoms with van der Waals surface area (Å²) in [6.07, 6.45) is 0. The largest absolute Gasteiger partial charge is 0.380 e. The van der Waals surface area contributed by atoms with Crippen LogP contribution in [0.2, 0.25) is 0 Å². The summed E-state index contributed by atoms with van der Waals surface area (Å²) in [4.78, 5) is -1.37. The van der Waals surface area contributed by atoms with Crippen molar-refractivity contribution in [2.45, 2.75) is 32.7 Å². The minimum atomic E-state index is -4.57. The van der Waals surface area contributed by atoms with E-state index in [0.29, 0.717) is 46.0 Å². The Kier molecular flexibility index (Phi) is 12.0. The van der Waals surface area contributed by atoms with Crippen LogP contribution in [0.1, 0.15) is 11.1 Å². The van der Waals surface area contributed by atoms with Crippen molar-refractivity contribution in [3.63, 3.8) is 0 Å². The Morgan fingerprint density at radius 1 is 0.355 bits per heavy atom. The minimum Gasteiger partial charge on any atom is -0.380 e. The number of fused-ring (bicyclic) bond motifs is 2. The molecular formula is C40H32N6O12S4. The summed E-state index contributed by atoms with van der Waals surface area (Å²) < 4.78 is 131. The molecule has 0 atom stereocenters. The van der Waals surface area contributed by atoms with E-state index in [-0.39, 0.29) is 42.3 Å². The molecule has 0 aromatic heterocycles. The quantitative estimate of drug-likeness (QED) is 0.0438. The van der Waals surface area contributed by atoms with Crippen LogP contribution in [0.5, 0.6) is 0 Å². The number of nitrogens with zero attached hydrogens (tertiary/aromatic N) is 4. The van der Waals surface area contributed by atoms with E-state index in [1.807, 2.05) is 24.3 Å². The third-order valence-electron chi connectivity index (χ3n) is 9.33. The fourth-order valence-electron chi connectivity index (χ4n) is 6.19. The lowest BCUT2D eigenvalue weighted by Crippen LogP contribution is -2.03. The fourth-order valence-corrected chi connectivity index (χ4v) is 8.16. The molecule has 0 fully saturated rings. The lowest BCUT2D eigenvalue weighted by molar-refractivity contribution is 0.481. The van der Waals surface area contributed by atoms with Crippen molar-refractivity contribution in [2.24, 2.45) is 20.5 Å². The zero-order valence-corrected chi connectivity index (χ0v) is 34.9. The summed E-state index contributed by atoms with van der Waals surface area (Å²) in [6.45, 7) is 0.705. The Balaban J connectivity index is 1.07. The molecule has 7 aromatic carbocycles. The average Bonchev–Trinajstić information content (AvgIpc) is 3.22. The van der Waals surface area contributed by atoms with Gasteiger partial charge < -0.3 is 10.6 Å². The molecule has 0 amide bonds. The maximum atomic E-state index is 12.0. The highest BCUT2D eigenvalue weighted by molar-refractivity contribution is 7.86. The Hall–Kier alpha value is -6.50. The van der Waals surface area contributed by atoms with Crippen LogP contribution in [-0.4, -0.2) is 51.9 Å². The minimum absolute atomic E-state index is 0.253. The highest BCUT2D eigenvalue weighted by Crippen LogP contribution is 2.37. The van der Waals surface area contributed by atoms with Gasteiger partial charge in [-0.25, -0.2) is 0 Å². The molecule has 0 aliphatic rings. The van der Waals surface area contributed by atoms with Crippen molar-refractivity contribution in [3.8, 4) is 0 Å². The number of azo groups is 2. The Morgan fingerprint density at radius 3 is 1.00 bits per heavy atom. The van der Waals surface area contributed by atoms with E-state index >= 15 is 0 Å². The van der Waals surface area contributed by atoms with E-state index in [4.69, 9.17) is 0 Å². The summed E-state index contributed by atoms with van der Waals surface area (Å²) in [7, 11) is -17.9. The van der Waals surface area contributed by atoms with Gasteiger partial charge in [-0.3, -0.25) is 18.2 Å². The van der Waals surface area contributed by atoms with E-state index in [9.17, 15) is 51.9 Å². The molecule has 7 aromatic rings. The third-order valence-corrected chi connectivity index (χ3v) is 12.8. The molecule has 0 spiro atoms. The first-order chi connectivity index (χ1) is 29.2. The summed E-state index contributed by atoms with van der Waals surface area (Å²) in [5, 5.41) is 25.2. The van der Waals surface area contributed by atoms with Crippen LogP contribution in [0.15, 0.2) is 173 Å². The Morgan fingerprint density at radius 2 is 0.677 bits per heavy atom. The summed E-state index contributed by atoms with van der Waals surface area (Å²) >= 11 is 0. The maximum absolute atomic E-state index is 12.0. The first-order valence-electron chi connectivity index (χ1n) is 17.9. The zero-order valence-electron chi connectivity index (χ0n) is 31.6. The second kappa shape index (κ2) is 17.1. The number of anilines is 2. The van der Waals surface area contributed by atoms with Crippen molar-refractivity contribution < 1.29 is 51.9 Å². The van der Waals surface area contributed by atoms with Gasteiger partial charge >= 0.3 is 0 Å². The van der Waals surface area contributed by atoms with Gasteiger partial charge in [-0.2, -0.15) is 43.9 Å². The average molecular weight is 917 g/mol. The van der Waals surface area contributed by atoms with E-state index in [2.05, 4.69) is 31.1 Å². The standard InChI is InChI=1S/C40H32N6O12S4/c47-59(48,49)29-9-5-27(6-10-29)43-45-39-19-17-37(33-15-13-31(21-35(33)39)61(53,54)55)41-23-25-1-2-26(4-3-25)24-42-38-18-20-40(36-22-32(62(56,57)58)14-16-34(36)38)46-44-28-7-11-30(12-8-28)60(50,51)52/h1-22,41-42H,23-24H2,(H,47,48,49)(H,50,51,52)(H,53,54,55)(H,56,57,58). The van der Waals surface area contributed by atoms with Crippen LogP contribution in [-0.2, 0) is 53.6 Å². The summed E-state index contributed by atoms with van der Waals surface area (Å²) in [6, 6.07) is 32.3. The molecule has 0 saturated heterocycles. The van der Waals surface area contributed by atoms with Crippen LogP contribution >= 0.6 is 0 Å². The first kappa shape index (κ1) is 43.6. The molecule has 62 heavy (non-hydrogen) atoms. The predicted molar refractivity (Wildman–Crippen MR) is 229 cm³/mol. The van der Waals surface area contributed by atoms with E-state index in [1.54, 1.807) is 24.3 Å². The second-order valence-electron chi connectivity index (χ2n) is 13.5. The van der Waals surface area contributed by atoms with Crippen molar-refractivity contribution >= 4 is 96.1 Å². The SMILES string of the molecule is O=S(=O)(O)c1ccc(N=Nc2ccc(NCc3ccc(CNc4ccc(N=Nc5ccc(S(=O)(=O)O)cc5)c5cc(S(=O)(=O)O)ccc45)cc3)c3ccc(S(=O)(=O)O)cc23)cc1. The molecule has 22 heteroatoms. The molecule has 318 valence electrons. The van der Waals surface area contributed by atoms with Gasteiger partial charge in [0.15, 0.2) is 0 Å². The monoisotopic (exact) mass is 916 g/mol. The van der Waals surface area contributed by atoms with Gasteiger partial charge in [-0.05, 0) is 108 Å². The van der Waals surface area contributed by atoms with E-state index < -0.39 is 40.5 Å². The molecule has 7 rings (SSSR count). The third kappa shape index (κ3) is 10.3. The number of nitrogens with one attached hydrogen (secondary N) is 2. The molecule has 0 bridgehead atoms. The highest BCUT2D eigenvalue weighted by atomic mass is 32.2. The second-order valence-corrected chi connectivity index (χ2v) is 19.2. The fraction of sp³-hybridized carbons (Fsp3) is 0.0500. The predicted octanol–water partition coefficient (Wildman–Crippen LogP) is 9.03. The number of hydrogen-bond acceptors (Lipinski definition) is 14. The van der Waals surface area contributed by atoms with Crippen LogP contribution in [0.25, 0.3) is 21.5 Å². The van der Waals surface area contributed by atoms with Gasteiger partial charge in [0.05, 0.1) is 42.3 Å². The van der Waals surface area contributed by atoms with E-state index in [1.165, 1.54) is 60.7 Å². The first-order valence-corrected chi connectivity index (χ1v) is 23.6. The van der Waals surface area contributed by atoms with Gasteiger partial charge in [-0.15, -0.1) is 10.2 Å². The maximum Gasteiger partial charge on any atom is 0.294 e. The molecular weight excluding hydrogens is 885 g/mol. The molecule has 0 heterocycles. The van der Waals surface area contributed by atoms with Gasteiger partial charge in [-0.1, -0.05) is 36.4 Å². The Bertz CT molecular complexity index is 3160. The molecule has 18 nitrogen and oxygen atoms in total. The van der Waals surface area contributed by atoms with Crippen molar-refractivity contribution in [1.29, 1.82) is 0 Å². The lowest BCUT2D eigenvalue weighted by atomic mass is 10.1. The normalized spacial score (nSPS) is 12.7. The summed E-state index contributed by atoms with van der Waals surface area (Å²) in [5.41, 5.74) is 4.02. The van der Waals surface area contributed by atoms with Crippen molar-refractivity contribution in [1.82, 2.24) is 0 Å². The van der Waals surface area contributed by atoms with E-state index in [0.717, 1.165) is 35.4 Å². The van der Waals surface area contributed by atoms with Crippen LogP contribution in [0.3, 0.4) is 0 Å². The smallest absolute Gasteiger partial charge is 0.294 e. The zero-order chi connectivity index (χ0) is 44.5. The number of rotatable bonds is 14. The topological polar surface area (TPSA) is 291 Å². The van der Waals surface area contributed by atoms with Gasteiger partial charge in [0.1, 0.15) is 0 Å². The summed E-state index contributed by atoms with van der Waals surface area (Å²) in [5.74, 6) is 0. The number of benzene rings is 7. The lowest BCUT2D eigenvalue weighted by Gasteiger charge is -2.14. The van der Waals surface area contributed by atoms with Gasteiger partial charge in [0, 0.05) is 46.0 Å². The van der Waals surface area contributed by atoms with Crippen LogP contribution in [0, 0.1) is 0 Å². The molecule has 6 N–H and O–H groups in total. The molecule has 0 aliphatic heterocycles. The Labute approximate surface area is 354 Å². The van der Waals surface area contributed by atoms with Crippen LogP contribution in [0.4, 0.5) is 34.1 Å². The highest BCUT2D eigenvalue weighted by Gasteiger charge is 2.16. The number of hydrogen-bond donors (Lipinski definition) is 6. The molecule has 0 saturated carbocycles. The van der Waals surface area contributed by atoms with Crippen molar-refractivity contribution in [3.05, 3.63) is 145 Å². The molecule has 0 unspecified atom stereocenters. The molecule has 0 aliphatic carbocycles. The van der Waals surface area contributed by atoms with Crippen molar-refractivity contribution in [2.75, 3.05) is 10.6 Å². The van der Waals surface area contributed by atoms with Crippen LogP contribution < -0.4 is 10.6 Å². The molecule has 0 radical (unpaired) electrons.